The summed E-state index contributed by atoms with van der Waals surface area (Å²) in [5.41, 5.74) is -0.468. The first-order valence-electron chi connectivity index (χ1n) is 7.07. The quantitative estimate of drug-likeness (QED) is 0.548. The third-order valence-corrected chi connectivity index (χ3v) is 4.40. The zero-order chi connectivity index (χ0) is 12.3. The maximum Gasteiger partial charge on any atom is 0.309 e. The molecule has 1 heterocycles. The Morgan fingerprint density at radius 2 is 2.06 bits per heavy atom. The van der Waals surface area contributed by atoms with E-state index < -0.39 is 11.4 Å². The maximum atomic E-state index is 11.5. The Morgan fingerprint density at radius 1 is 1.29 bits per heavy atom. The second-order valence-corrected chi connectivity index (χ2v) is 5.71. The highest BCUT2D eigenvalue weighted by Gasteiger charge is 2.53. The number of carboxylic acids is 1. The minimum Gasteiger partial charge on any atom is -0.481 e. The van der Waals surface area contributed by atoms with Crippen LogP contribution >= 0.6 is 0 Å². The Bertz CT molecular complexity index is 277. The van der Waals surface area contributed by atoms with E-state index in [4.69, 9.17) is 4.74 Å². The molecule has 0 aromatic carbocycles. The van der Waals surface area contributed by atoms with Gasteiger partial charge in [-0.1, -0.05) is 39.0 Å². The molecule has 2 aliphatic rings. The minimum absolute atomic E-state index is 0.260. The second kappa shape index (κ2) is 5.38. The first-order valence-corrected chi connectivity index (χ1v) is 7.07. The topological polar surface area (TPSA) is 49.8 Å². The number of hydrogen-bond donors (Lipinski definition) is 1. The molecule has 0 aromatic heterocycles. The molecule has 2 fully saturated rings. The third-order valence-electron chi connectivity index (χ3n) is 4.40. The SMILES string of the molecule is CCCCCCCC1(C(=O)O)CCC2OC2C1. The smallest absolute Gasteiger partial charge is 0.309 e. The summed E-state index contributed by atoms with van der Waals surface area (Å²) in [6.07, 6.45) is 10.0. The molecule has 0 spiro atoms. The number of aliphatic carboxylic acids is 1. The monoisotopic (exact) mass is 240 g/mol. The van der Waals surface area contributed by atoms with Crippen LogP contribution in [0.3, 0.4) is 0 Å². The molecule has 3 atom stereocenters. The van der Waals surface area contributed by atoms with Gasteiger partial charge in [-0.25, -0.2) is 0 Å². The molecule has 1 aliphatic carbocycles. The molecule has 0 aromatic rings. The highest BCUT2D eigenvalue weighted by atomic mass is 16.6. The molecule has 3 nitrogen and oxygen atoms in total. The molecule has 1 saturated heterocycles. The number of fused-ring (bicyclic) bond motifs is 1. The van der Waals surface area contributed by atoms with Gasteiger partial charge in [0.1, 0.15) is 0 Å². The second-order valence-electron chi connectivity index (χ2n) is 5.71. The number of epoxide rings is 1. The van der Waals surface area contributed by atoms with Crippen LogP contribution < -0.4 is 0 Å². The van der Waals surface area contributed by atoms with Crippen molar-refractivity contribution in [1.82, 2.24) is 0 Å². The Balaban J connectivity index is 1.78. The van der Waals surface area contributed by atoms with Crippen LogP contribution in [0.4, 0.5) is 0 Å². The predicted octanol–water partition coefficient (Wildman–Crippen LogP) is 3.37. The van der Waals surface area contributed by atoms with E-state index in [1.165, 1.54) is 25.7 Å². The van der Waals surface area contributed by atoms with Gasteiger partial charge in [-0.05, 0) is 25.7 Å². The van der Waals surface area contributed by atoms with Crippen molar-refractivity contribution in [1.29, 1.82) is 0 Å². The standard InChI is InChI=1S/C14H24O3/c1-2-3-4-5-6-8-14(13(15)16)9-7-11-12(10-14)17-11/h11-12H,2-10H2,1H3,(H,15,16). The van der Waals surface area contributed by atoms with E-state index in [1.807, 2.05) is 0 Å². The molecule has 17 heavy (non-hydrogen) atoms. The van der Waals surface area contributed by atoms with Gasteiger partial charge in [0.2, 0.25) is 0 Å². The lowest BCUT2D eigenvalue weighted by Gasteiger charge is -2.31. The summed E-state index contributed by atoms with van der Waals surface area (Å²) < 4.78 is 5.46. The maximum absolute atomic E-state index is 11.5. The van der Waals surface area contributed by atoms with E-state index >= 15 is 0 Å². The molecule has 1 aliphatic heterocycles. The molecule has 0 radical (unpaired) electrons. The van der Waals surface area contributed by atoms with E-state index in [1.54, 1.807) is 0 Å². The van der Waals surface area contributed by atoms with Gasteiger partial charge in [-0.15, -0.1) is 0 Å². The summed E-state index contributed by atoms with van der Waals surface area (Å²) in [7, 11) is 0. The average Bonchev–Trinajstić information content (AvgIpc) is 3.06. The Labute approximate surface area is 104 Å². The van der Waals surface area contributed by atoms with Gasteiger partial charge in [0.25, 0.3) is 0 Å². The predicted molar refractivity (Wildman–Crippen MR) is 66.0 cm³/mol. The summed E-state index contributed by atoms with van der Waals surface area (Å²) in [5.74, 6) is -0.595. The molecule has 3 heteroatoms. The fourth-order valence-corrected chi connectivity index (χ4v) is 3.11. The first kappa shape index (κ1) is 12.9. The average molecular weight is 240 g/mol. The zero-order valence-electron chi connectivity index (χ0n) is 10.8. The lowest BCUT2D eigenvalue weighted by Crippen LogP contribution is -2.36. The summed E-state index contributed by atoms with van der Waals surface area (Å²) in [4.78, 5) is 11.5. The Kier molecular flexibility index (Phi) is 4.08. The Morgan fingerprint density at radius 3 is 2.71 bits per heavy atom. The van der Waals surface area contributed by atoms with Crippen LogP contribution in [0.1, 0.15) is 64.7 Å². The number of carboxylic acid groups (broad SMARTS) is 1. The van der Waals surface area contributed by atoms with E-state index in [9.17, 15) is 9.90 Å². The highest BCUT2D eigenvalue weighted by molar-refractivity contribution is 5.75. The molecular weight excluding hydrogens is 216 g/mol. The van der Waals surface area contributed by atoms with Crippen LogP contribution in [0.25, 0.3) is 0 Å². The molecule has 1 saturated carbocycles. The van der Waals surface area contributed by atoms with Gasteiger partial charge in [0.05, 0.1) is 17.6 Å². The van der Waals surface area contributed by atoms with Gasteiger partial charge in [-0.2, -0.15) is 0 Å². The van der Waals surface area contributed by atoms with Gasteiger partial charge in [0.15, 0.2) is 0 Å². The number of ether oxygens (including phenoxy) is 1. The molecule has 0 bridgehead atoms. The van der Waals surface area contributed by atoms with Crippen molar-refractivity contribution in [3.8, 4) is 0 Å². The molecule has 98 valence electrons. The molecular formula is C14H24O3. The van der Waals surface area contributed by atoms with Crippen LogP contribution in [0.15, 0.2) is 0 Å². The number of hydrogen-bond acceptors (Lipinski definition) is 2. The lowest BCUT2D eigenvalue weighted by molar-refractivity contribution is -0.151. The fraction of sp³-hybridized carbons (Fsp3) is 0.929. The van der Waals surface area contributed by atoms with Crippen molar-refractivity contribution in [2.75, 3.05) is 0 Å². The third kappa shape index (κ3) is 3.01. The van der Waals surface area contributed by atoms with Crippen molar-refractivity contribution < 1.29 is 14.6 Å². The summed E-state index contributed by atoms with van der Waals surface area (Å²) in [6.45, 7) is 2.20. The number of carbonyl (C=O) groups is 1. The molecule has 3 unspecified atom stereocenters. The van der Waals surface area contributed by atoms with Crippen molar-refractivity contribution >= 4 is 5.97 Å². The van der Waals surface area contributed by atoms with E-state index in [-0.39, 0.29) is 6.10 Å². The molecule has 2 rings (SSSR count). The first-order chi connectivity index (χ1) is 8.18. The zero-order valence-corrected chi connectivity index (χ0v) is 10.8. The summed E-state index contributed by atoms with van der Waals surface area (Å²) in [5, 5.41) is 9.47. The van der Waals surface area contributed by atoms with E-state index in [0.717, 1.165) is 32.1 Å². The van der Waals surface area contributed by atoms with Crippen molar-refractivity contribution in [3.63, 3.8) is 0 Å². The van der Waals surface area contributed by atoms with Gasteiger partial charge >= 0.3 is 5.97 Å². The van der Waals surface area contributed by atoms with Crippen LogP contribution in [0.2, 0.25) is 0 Å². The van der Waals surface area contributed by atoms with Crippen LogP contribution in [-0.4, -0.2) is 23.3 Å². The Hall–Kier alpha value is -0.570. The van der Waals surface area contributed by atoms with Crippen molar-refractivity contribution in [2.45, 2.75) is 76.9 Å². The van der Waals surface area contributed by atoms with Gasteiger partial charge in [0, 0.05) is 0 Å². The summed E-state index contributed by atoms with van der Waals surface area (Å²) in [6, 6.07) is 0. The number of unbranched alkanes of at least 4 members (excludes halogenated alkanes) is 4. The largest absolute Gasteiger partial charge is 0.481 e. The van der Waals surface area contributed by atoms with Crippen molar-refractivity contribution in [3.05, 3.63) is 0 Å². The highest BCUT2D eigenvalue weighted by Crippen LogP contribution is 2.49. The van der Waals surface area contributed by atoms with Gasteiger partial charge < -0.3 is 9.84 Å². The van der Waals surface area contributed by atoms with E-state index in [2.05, 4.69) is 6.92 Å². The van der Waals surface area contributed by atoms with Crippen LogP contribution in [-0.2, 0) is 9.53 Å². The molecule has 1 N–H and O–H groups in total. The van der Waals surface area contributed by atoms with Crippen molar-refractivity contribution in [2.24, 2.45) is 5.41 Å². The van der Waals surface area contributed by atoms with Gasteiger partial charge in [-0.3, -0.25) is 4.79 Å². The minimum atomic E-state index is -0.595. The lowest BCUT2D eigenvalue weighted by atomic mass is 9.71. The molecule has 0 amide bonds. The van der Waals surface area contributed by atoms with Crippen LogP contribution in [0.5, 0.6) is 0 Å². The number of rotatable bonds is 7. The van der Waals surface area contributed by atoms with E-state index in [0.29, 0.717) is 6.10 Å². The fourth-order valence-electron chi connectivity index (χ4n) is 3.11. The van der Waals surface area contributed by atoms with Crippen LogP contribution in [0, 0.1) is 5.41 Å². The summed E-state index contributed by atoms with van der Waals surface area (Å²) >= 11 is 0. The normalized spacial score (nSPS) is 35.4.